The van der Waals surface area contributed by atoms with E-state index in [1.165, 1.54) is 99.7 Å². The van der Waals surface area contributed by atoms with Gasteiger partial charge in [-0.3, -0.25) is 0 Å². The van der Waals surface area contributed by atoms with Crippen LogP contribution in [0, 0.1) is 5.41 Å². The quantitative estimate of drug-likeness (QED) is 0.145. The summed E-state index contributed by atoms with van der Waals surface area (Å²) in [4.78, 5) is 0. The van der Waals surface area contributed by atoms with E-state index in [2.05, 4.69) is 99.2 Å². The van der Waals surface area contributed by atoms with Crippen LogP contribution in [0.25, 0.3) is 0 Å². The number of hydrogen-bond donors (Lipinski definition) is 2. The molecule has 0 saturated heterocycles. The van der Waals surface area contributed by atoms with E-state index < -0.39 is 0 Å². The number of allylic oxidation sites excluding steroid dienone is 3. The minimum Gasteiger partial charge on any atom is -0.512 e. The largest absolute Gasteiger partial charge is 0.512 e. The third kappa shape index (κ3) is 16.6. The van der Waals surface area contributed by atoms with E-state index in [1.807, 2.05) is 17.8 Å². The Morgan fingerprint density at radius 2 is 1.13 bits per heavy atom. The summed E-state index contributed by atoms with van der Waals surface area (Å²) >= 11 is 4.12. The molecule has 0 heterocycles. The minimum atomic E-state index is -0.0579. The first-order valence-corrected chi connectivity index (χ1v) is 20.6. The van der Waals surface area contributed by atoms with E-state index in [9.17, 15) is 10.2 Å². The van der Waals surface area contributed by atoms with Gasteiger partial charge >= 0.3 is 0 Å². The van der Waals surface area contributed by atoms with Crippen LogP contribution >= 0.6 is 23.5 Å². The van der Waals surface area contributed by atoms with Gasteiger partial charge in [-0.15, -0.1) is 0 Å². The molecule has 0 saturated carbocycles. The molecule has 1 aliphatic carbocycles. The number of aryl methyl sites for hydroxylation is 1. The Morgan fingerprint density at radius 3 is 1.60 bits per heavy atom. The number of hydrogen-bond acceptors (Lipinski definition) is 4. The molecule has 2 nitrogen and oxygen atoms in total. The summed E-state index contributed by atoms with van der Waals surface area (Å²) in [6, 6.07) is 4.29. The van der Waals surface area contributed by atoms with Crippen molar-refractivity contribution >= 4 is 23.5 Å². The Morgan fingerprint density at radius 1 is 0.667 bits per heavy atom. The van der Waals surface area contributed by atoms with Crippen molar-refractivity contribution in [2.24, 2.45) is 5.41 Å². The van der Waals surface area contributed by atoms with E-state index in [4.69, 9.17) is 0 Å². The van der Waals surface area contributed by atoms with Crippen molar-refractivity contribution in [1.29, 1.82) is 0 Å². The second kappa shape index (κ2) is 21.8. The molecule has 0 bridgehead atoms. The lowest BCUT2D eigenvalue weighted by molar-refractivity contribution is 0.257. The molecule has 1 aromatic rings. The van der Waals surface area contributed by atoms with Crippen LogP contribution in [-0.4, -0.2) is 33.2 Å². The number of phenolic OH excluding ortho intramolecular Hbond substituents is 1. The number of phenols is 1. The van der Waals surface area contributed by atoms with Gasteiger partial charge in [-0.05, 0) is 70.8 Å². The molecule has 2 N–H and O–H groups in total. The predicted octanol–water partition coefficient (Wildman–Crippen LogP) is 13.5. The molecule has 1 aliphatic rings. The number of unbranched alkanes of at least 4 members (excludes halogenated alkanes) is 10. The van der Waals surface area contributed by atoms with Crippen molar-refractivity contribution in [2.75, 3.05) is 23.0 Å². The van der Waals surface area contributed by atoms with Crippen molar-refractivity contribution in [2.45, 2.75) is 170 Å². The fourth-order valence-electron chi connectivity index (χ4n) is 5.78. The minimum absolute atomic E-state index is 0.0186. The summed E-state index contributed by atoms with van der Waals surface area (Å²) in [5.41, 5.74) is 4.83. The van der Waals surface area contributed by atoms with Crippen LogP contribution in [0.1, 0.15) is 169 Å². The van der Waals surface area contributed by atoms with Gasteiger partial charge in [0.2, 0.25) is 0 Å². The maximum absolute atomic E-state index is 10.5. The smallest absolute Gasteiger partial charge is 0.123 e. The molecule has 45 heavy (non-hydrogen) atoms. The molecule has 1 aromatic carbocycles. The molecule has 0 spiro atoms. The van der Waals surface area contributed by atoms with Crippen LogP contribution in [-0.2, 0) is 17.3 Å². The standard InChI is InChI=1S/C25H46OS2.C16H26O/c1-4-6-8-10-12-14-18-27-21-23-16-17-24(26)25(3,20-23)22-28-19-15-13-11-9-7-5-2;1-8-11-9-12(15(2,3)4)14(17)13(10-11)16(5,6)7/h16-17,26H,4-15,18-22H2,1-3H3;9-10,17H,8H2,1-7H3. The highest BCUT2D eigenvalue weighted by molar-refractivity contribution is 7.99. The van der Waals surface area contributed by atoms with Gasteiger partial charge in [0.25, 0.3) is 0 Å². The van der Waals surface area contributed by atoms with Gasteiger partial charge in [-0.25, -0.2) is 0 Å². The average Bonchev–Trinajstić information content (AvgIpc) is 2.97. The highest BCUT2D eigenvalue weighted by Crippen LogP contribution is 2.41. The first kappa shape index (κ1) is 42.0. The fraction of sp³-hybridized carbons (Fsp3) is 0.756. The zero-order valence-electron chi connectivity index (χ0n) is 31.2. The van der Waals surface area contributed by atoms with Crippen molar-refractivity contribution in [3.05, 3.63) is 52.3 Å². The molecular formula is C41H72O2S2. The van der Waals surface area contributed by atoms with Gasteiger partial charge in [0.15, 0.2) is 0 Å². The first-order valence-electron chi connectivity index (χ1n) is 18.3. The van der Waals surface area contributed by atoms with Crippen LogP contribution in [0.2, 0.25) is 0 Å². The zero-order valence-corrected chi connectivity index (χ0v) is 32.9. The molecule has 0 fully saturated rings. The SMILES string of the molecule is CCCCCCCCSCC1=CC=C(O)C(C)(CSCCCCCCCC)C1.CCc1cc(C(C)(C)C)c(O)c(C(C)(C)C)c1. The lowest BCUT2D eigenvalue weighted by Crippen LogP contribution is -2.26. The summed E-state index contributed by atoms with van der Waals surface area (Å²) in [6.07, 6.45) is 22.6. The lowest BCUT2D eigenvalue weighted by Gasteiger charge is -2.32. The molecule has 0 aromatic heterocycles. The van der Waals surface area contributed by atoms with Crippen molar-refractivity contribution in [1.82, 2.24) is 0 Å². The molecule has 0 aliphatic heterocycles. The van der Waals surface area contributed by atoms with Crippen molar-refractivity contribution < 1.29 is 10.2 Å². The van der Waals surface area contributed by atoms with E-state index in [0.717, 1.165) is 35.5 Å². The third-order valence-electron chi connectivity index (χ3n) is 8.90. The Hall–Kier alpha value is -1.00. The molecule has 0 radical (unpaired) electrons. The van der Waals surface area contributed by atoms with Gasteiger partial charge < -0.3 is 10.2 Å². The Kier molecular flexibility index (Phi) is 20.3. The molecule has 1 atom stereocenters. The number of aromatic hydroxyl groups is 1. The Labute approximate surface area is 289 Å². The van der Waals surface area contributed by atoms with Crippen molar-refractivity contribution in [3.8, 4) is 5.75 Å². The second-order valence-electron chi connectivity index (χ2n) is 15.6. The summed E-state index contributed by atoms with van der Waals surface area (Å²) < 4.78 is 0. The number of thioether (sulfide) groups is 2. The van der Waals surface area contributed by atoms with Crippen LogP contribution in [0.4, 0.5) is 0 Å². The summed E-state index contributed by atoms with van der Waals surface area (Å²) in [5.74, 6) is 5.76. The van der Waals surface area contributed by atoms with E-state index in [1.54, 1.807) is 0 Å². The number of benzene rings is 1. The van der Waals surface area contributed by atoms with Crippen molar-refractivity contribution in [3.63, 3.8) is 0 Å². The summed E-state index contributed by atoms with van der Waals surface area (Å²) in [5, 5.41) is 20.9. The van der Waals surface area contributed by atoms with Gasteiger partial charge in [0, 0.05) is 16.9 Å². The summed E-state index contributed by atoms with van der Waals surface area (Å²) in [6.45, 7) is 21.8. The molecule has 0 amide bonds. The van der Waals surface area contributed by atoms with E-state index in [-0.39, 0.29) is 16.2 Å². The number of aliphatic hydroxyl groups excluding tert-OH is 1. The molecule has 2 rings (SSSR count). The highest BCUT2D eigenvalue weighted by Gasteiger charge is 2.32. The molecule has 260 valence electrons. The third-order valence-corrected chi connectivity index (χ3v) is 11.5. The Balaban J connectivity index is 0.000000507. The van der Waals surface area contributed by atoms with E-state index >= 15 is 0 Å². The first-order chi connectivity index (χ1) is 21.2. The maximum Gasteiger partial charge on any atom is 0.123 e. The van der Waals surface area contributed by atoms with Gasteiger partial charge in [-0.2, -0.15) is 23.5 Å². The van der Waals surface area contributed by atoms with Crippen LogP contribution in [0.3, 0.4) is 0 Å². The van der Waals surface area contributed by atoms with Crippen LogP contribution in [0.15, 0.2) is 35.6 Å². The normalized spacial score (nSPS) is 17.0. The molecular weight excluding hydrogens is 589 g/mol. The number of rotatable bonds is 19. The van der Waals surface area contributed by atoms with Crippen LogP contribution < -0.4 is 0 Å². The average molecular weight is 661 g/mol. The maximum atomic E-state index is 10.5. The Bertz CT molecular complexity index is 976. The lowest BCUT2D eigenvalue weighted by atomic mass is 9.78. The second-order valence-corrected chi connectivity index (χ2v) is 17.9. The van der Waals surface area contributed by atoms with Gasteiger partial charge in [0.1, 0.15) is 5.75 Å². The van der Waals surface area contributed by atoms with E-state index in [0.29, 0.717) is 11.5 Å². The monoisotopic (exact) mass is 660 g/mol. The topological polar surface area (TPSA) is 40.5 Å². The van der Waals surface area contributed by atoms with Gasteiger partial charge in [-0.1, -0.05) is 157 Å². The molecule has 4 heteroatoms. The summed E-state index contributed by atoms with van der Waals surface area (Å²) in [7, 11) is 0. The zero-order chi connectivity index (χ0) is 33.9. The van der Waals surface area contributed by atoms with Gasteiger partial charge in [0.05, 0.1) is 5.76 Å². The molecule has 1 unspecified atom stereocenters. The number of aliphatic hydroxyl groups is 1. The van der Waals surface area contributed by atoms with Crippen LogP contribution in [0.5, 0.6) is 5.75 Å². The highest BCUT2D eigenvalue weighted by atomic mass is 32.2. The fourth-order valence-corrected chi connectivity index (χ4v) is 8.05. The predicted molar refractivity (Wildman–Crippen MR) is 208 cm³/mol.